The summed E-state index contributed by atoms with van der Waals surface area (Å²) in [4.78, 5) is 12.5. The Hall–Kier alpha value is -2.77. The molecule has 3 rings (SSSR count). The van der Waals surface area contributed by atoms with Crippen molar-refractivity contribution in [2.24, 2.45) is 0 Å². The van der Waals surface area contributed by atoms with Crippen molar-refractivity contribution < 1.29 is 14.3 Å². The van der Waals surface area contributed by atoms with E-state index in [1.54, 1.807) is 26.0 Å². The Morgan fingerprint density at radius 1 is 1.30 bits per heavy atom. The van der Waals surface area contributed by atoms with Crippen molar-refractivity contribution >= 4 is 17.5 Å². The molecule has 0 saturated heterocycles. The van der Waals surface area contributed by atoms with Gasteiger partial charge in [0.25, 0.3) is 5.91 Å². The van der Waals surface area contributed by atoms with Crippen LogP contribution in [0.5, 0.6) is 0 Å². The largest absolute Gasteiger partial charge is 0.384 e. The highest BCUT2D eigenvalue weighted by molar-refractivity contribution is 6.30. The summed E-state index contributed by atoms with van der Waals surface area (Å²) in [7, 11) is 0. The molecule has 3 aromatic rings. The number of hydrogen-bond acceptors (Lipinski definition) is 4. The maximum absolute atomic E-state index is 14.1. The molecule has 1 amide bonds. The molecule has 0 fully saturated rings. The van der Waals surface area contributed by atoms with Gasteiger partial charge in [0.05, 0.1) is 12.2 Å². The van der Waals surface area contributed by atoms with Gasteiger partial charge >= 0.3 is 0 Å². The summed E-state index contributed by atoms with van der Waals surface area (Å²) in [6.45, 7) is 3.20. The lowest BCUT2D eigenvalue weighted by molar-refractivity contribution is 0.0525. The molecule has 0 saturated carbocycles. The van der Waals surface area contributed by atoms with Crippen molar-refractivity contribution in [3.05, 3.63) is 76.3 Å². The van der Waals surface area contributed by atoms with Crippen molar-refractivity contribution in [2.45, 2.75) is 19.4 Å². The molecule has 27 heavy (non-hydrogen) atoms. The molecule has 2 N–H and O–H groups in total. The van der Waals surface area contributed by atoms with Gasteiger partial charge in [-0.1, -0.05) is 47.1 Å². The van der Waals surface area contributed by atoms with Crippen molar-refractivity contribution in [2.75, 3.05) is 6.54 Å². The second kappa shape index (κ2) is 7.46. The number of nitrogens with zero attached hydrogens (tertiary/aromatic N) is 3. The zero-order chi connectivity index (χ0) is 19.6. The van der Waals surface area contributed by atoms with E-state index in [-0.39, 0.29) is 22.9 Å². The number of carbonyl (C=O) groups excluding carboxylic acids is 1. The summed E-state index contributed by atoms with van der Waals surface area (Å²) in [5.41, 5.74) is -0.0155. The zero-order valence-electron chi connectivity index (χ0n) is 14.8. The first-order chi connectivity index (χ1) is 12.8. The number of halogens is 2. The first-order valence-corrected chi connectivity index (χ1v) is 8.61. The molecule has 0 radical (unpaired) electrons. The van der Waals surface area contributed by atoms with Gasteiger partial charge in [0.15, 0.2) is 5.69 Å². The molecule has 1 aromatic heterocycles. The smallest absolute Gasteiger partial charge is 0.273 e. The number of carbonyl (C=O) groups is 1. The lowest BCUT2D eigenvalue weighted by atomic mass is 9.96. The zero-order valence-corrected chi connectivity index (χ0v) is 15.5. The van der Waals surface area contributed by atoms with E-state index in [9.17, 15) is 14.3 Å². The minimum absolute atomic E-state index is 0.0164. The van der Waals surface area contributed by atoms with Gasteiger partial charge in [-0.25, -0.2) is 9.07 Å². The van der Waals surface area contributed by atoms with Gasteiger partial charge in [-0.15, -0.1) is 5.10 Å². The maximum Gasteiger partial charge on any atom is 0.273 e. The fourth-order valence-corrected chi connectivity index (χ4v) is 2.81. The Balaban J connectivity index is 1.77. The standard InChI is InChI=1S/C19H18ClFN4O2/c1-12-17(23-24-25(12)16-9-8-14(20)10-15(16)21)18(26)22-11-19(2,27)13-6-4-3-5-7-13/h3-10,27H,11H2,1-2H3,(H,22,26). The van der Waals surface area contributed by atoms with E-state index in [0.29, 0.717) is 11.3 Å². The molecule has 8 heteroatoms. The highest BCUT2D eigenvalue weighted by Crippen LogP contribution is 2.21. The minimum Gasteiger partial charge on any atom is -0.384 e. The third-order valence-electron chi connectivity index (χ3n) is 4.24. The van der Waals surface area contributed by atoms with Gasteiger partial charge in [0.1, 0.15) is 17.1 Å². The highest BCUT2D eigenvalue weighted by atomic mass is 35.5. The first kappa shape index (κ1) is 19.0. The predicted octanol–water partition coefficient (Wildman–Crippen LogP) is 3.01. The van der Waals surface area contributed by atoms with E-state index >= 15 is 0 Å². The van der Waals surface area contributed by atoms with E-state index < -0.39 is 17.3 Å². The summed E-state index contributed by atoms with van der Waals surface area (Å²) in [6, 6.07) is 13.2. The third-order valence-corrected chi connectivity index (χ3v) is 4.47. The van der Waals surface area contributed by atoms with Gasteiger partial charge in [-0.3, -0.25) is 4.79 Å². The Kier molecular flexibility index (Phi) is 5.25. The van der Waals surface area contributed by atoms with Crippen LogP contribution >= 0.6 is 11.6 Å². The second-order valence-electron chi connectivity index (χ2n) is 6.35. The van der Waals surface area contributed by atoms with E-state index in [4.69, 9.17) is 11.6 Å². The van der Waals surface area contributed by atoms with Crippen molar-refractivity contribution in [3.8, 4) is 5.69 Å². The van der Waals surface area contributed by atoms with Crippen LogP contribution in [0.25, 0.3) is 5.69 Å². The van der Waals surface area contributed by atoms with Crippen LogP contribution in [0.1, 0.15) is 28.7 Å². The number of aromatic nitrogens is 3. The molecule has 2 aromatic carbocycles. The number of hydrogen-bond donors (Lipinski definition) is 2. The summed E-state index contributed by atoms with van der Waals surface area (Å²) >= 11 is 5.76. The van der Waals surface area contributed by atoms with Crippen LogP contribution < -0.4 is 5.32 Å². The molecule has 0 aliphatic carbocycles. The third kappa shape index (κ3) is 3.99. The fourth-order valence-electron chi connectivity index (χ4n) is 2.66. The number of rotatable bonds is 5. The number of aliphatic hydroxyl groups is 1. The molecule has 1 unspecified atom stereocenters. The Labute approximate surface area is 160 Å². The molecule has 6 nitrogen and oxygen atoms in total. The lowest BCUT2D eigenvalue weighted by Crippen LogP contribution is -2.39. The normalized spacial score (nSPS) is 13.2. The molecule has 140 valence electrons. The monoisotopic (exact) mass is 388 g/mol. The summed E-state index contributed by atoms with van der Waals surface area (Å²) in [5, 5.41) is 21.2. The first-order valence-electron chi connectivity index (χ1n) is 8.23. The molecule has 0 aliphatic heterocycles. The molecule has 1 atom stereocenters. The van der Waals surface area contributed by atoms with Crippen molar-refractivity contribution in [1.82, 2.24) is 20.3 Å². The van der Waals surface area contributed by atoms with Gasteiger partial charge in [-0.05, 0) is 37.6 Å². The van der Waals surface area contributed by atoms with Gasteiger partial charge < -0.3 is 10.4 Å². The van der Waals surface area contributed by atoms with E-state index in [2.05, 4.69) is 15.6 Å². The van der Waals surface area contributed by atoms with Crippen LogP contribution in [0.3, 0.4) is 0 Å². The second-order valence-corrected chi connectivity index (χ2v) is 6.79. The molecule has 1 heterocycles. The van der Waals surface area contributed by atoms with Gasteiger partial charge in [-0.2, -0.15) is 0 Å². The lowest BCUT2D eigenvalue weighted by Gasteiger charge is -2.24. The van der Waals surface area contributed by atoms with Crippen molar-refractivity contribution in [3.63, 3.8) is 0 Å². The van der Waals surface area contributed by atoms with E-state index in [0.717, 1.165) is 6.07 Å². The van der Waals surface area contributed by atoms with Crippen molar-refractivity contribution in [1.29, 1.82) is 0 Å². The van der Waals surface area contributed by atoms with Crippen LogP contribution in [0, 0.1) is 12.7 Å². The van der Waals surface area contributed by atoms with Crippen LogP contribution in [-0.2, 0) is 5.60 Å². The SMILES string of the molecule is Cc1c(C(=O)NCC(C)(O)c2ccccc2)nnn1-c1ccc(Cl)cc1F. The highest BCUT2D eigenvalue weighted by Gasteiger charge is 2.25. The van der Waals surface area contributed by atoms with Gasteiger partial charge in [0, 0.05) is 5.02 Å². The number of nitrogens with one attached hydrogen (secondary N) is 1. The predicted molar refractivity (Wildman–Crippen MR) is 99.4 cm³/mol. The fraction of sp³-hybridized carbons (Fsp3) is 0.211. The van der Waals surface area contributed by atoms with Crippen LogP contribution in [0.4, 0.5) is 4.39 Å². The Morgan fingerprint density at radius 3 is 2.67 bits per heavy atom. The molecular weight excluding hydrogens is 371 g/mol. The number of amides is 1. The minimum atomic E-state index is -1.25. The molecule has 0 bridgehead atoms. The summed E-state index contributed by atoms with van der Waals surface area (Å²) < 4.78 is 15.3. The average Bonchev–Trinajstić information content (AvgIpc) is 3.02. The van der Waals surface area contributed by atoms with Crippen LogP contribution in [-0.4, -0.2) is 32.6 Å². The van der Waals surface area contributed by atoms with E-state index in [1.165, 1.54) is 16.8 Å². The average molecular weight is 389 g/mol. The Morgan fingerprint density at radius 2 is 2.00 bits per heavy atom. The molecule has 0 aliphatic rings. The van der Waals surface area contributed by atoms with Crippen LogP contribution in [0.15, 0.2) is 48.5 Å². The summed E-state index contributed by atoms with van der Waals surface area (Å²) in [6.07, 6.45) is 0. The summed E-state index contributed by atoms with van der Waals surface area (Å²) in [5.74, 6) is -1.08. The number of benzene rings is 2. The molecule has 0 spiro atoms. The maximum atomic E-state index is 14.1. The molecular formula is C19H18ClFN4O2. The van der Waals surface area contributed by atoms with Crippen LogP contribution in [0.2, 0.25) is 5.02 Å². The topological polar surface area (TPSA) is 80.0 Å². The van der Waals surface area contributed by atoms with Gasteiger partial charge in [0.2, 0.25) is 0 Å². The van der Waals surface area contributed by atoms with E-state index in [1.807, 2.05) is 18.2 Å². The Bertz CT molecular complexity index is 973. The quantitative estimate of drug-likeness (QED) is 0.704.